The molecule has 0 aliphatic carbocycles. The second-order valence-corrected chi connectivity index (χ2v) is 5.39. The van der Waals surface area contributed by atoms with Gasteiger partial charge in [0.05, 0.1) is 18.6 Å². The predicted octanol–water partition coefficient (Wildman–Crippen LogP) is 0.930. The molecule has 1 amide bonds. The quantitative estimate of drug-likeness (QED) is 0.774. The van der Waals surface area contributed by atoms with Gasteiger partial charge in [0.15, 0.2) is 0 Å². The Morgan fingerprint density at radius 1 is 1.37 bits per heavy atom. The number of rotatable bonds is 3. The van der Waals surface area contributed by atoms with Crippen molar-refractivity contribution in [2.24, 2.45) is 5.92 Å². The van der Waals surface area contributed by atoms with Crippen LogP contribution in [0.3, 0.4) is 0 Å². The maximum Gasteiger partial charge on any atom is 0.310 e. The SMILES string of the molecule is CCOC(=O)[C@@H]1CCCN(C2CCCCNC2=O)C1. The summed E-state index contributed by atoms with van der Waals surface area (Å²) in [6.07, 6.45) is 4.87. The first-order valence-electron chi connectivity index (χ1n) is 7.40. The predicted molar refractivity (Wildman–Crippen MR) is 71.6 cm³/mol. The van der Waals surface area contributed by atoms with Gasteiger partial charge in [-0.15, -0.1) is 0 Å². The molecule has 0 aromatic rings. The molecule has 5 heteroatoms. The molecule has 2 atom stereocenters. The standard InChI is InChI=1S/C14H24N2O3/c1-2-19-14(18)11-6-5-9-16(10-11)12-7-3-4-8-15-13(12)17/h11-12H,2-10H2,1H3,(H,15,17)/t11-,12?/m1/s1. The number of amides is 1. The molecule has 2 rings (SSSR count). The van der Waals surface area contributed by atoms with Crippen molar-refractivity contribution >= 4 is 11.9 Å². The van der Waals surface area contributed by atoms with E-state index in [0.717, 1.165) is 45.2 Å². The van der Waals surface area contributed by atoms with Gasteiger partial charge in [-0.3, -0.25) is 14.5 Å². The van der Waals surface area contributed by atoms with E-state index in [9.17, 15) is 9.59 Å². The van der Waals surface area contributed by atoms with E-state index >= 15 is 0 Å². The number of carbonyl (C=O) groups excluding carboxylic acids is 2. The third kappa shape index (κ3) is 3.69. The highest BCUT2D eigenvalue weighted by atomic mass is 16.5. The van der Waals surface area contributed by atoms with Crippen LogP contribution in [0.5, 0.6) is 0 Å². The molecule has 19 heavy (non-hydrogen) atoms. The first-order chi connectivity index (χ1) is 9.22. The van der Waals surface area contributed by atoms with Gasteiger partial charge in [-0.05, 0) is 45.6 Å². The van der Waals surface area contributed by atoms with Crippen LogP contribution in [0.15, 0.2) is 0 Å². The number of piperidine rings is 1. The van der Waals surface area contributed by atoms with Gasteiger partial charge in [-0.25, -0.2) is 0 Å². The number of likely N-dealkylation sites (tertiary alicyclic amines) is 1. The highest BCUT2D eigenvalue weighted by Gasteiger charge is 2.33. The molecule has 0 saturated carbocycles. The Morgan fingerprint density at radius 3 is 3.00 bits per heavy atom. The Bertz CT molecular complexity index is 333. The van der Waals surface area contributed by atoms with Crippen LogP contribution in [0.2, 0.25) is 0 Å². The minimum Gasteiger partial charge on any atom is -0.466 e. The Balaban J connectivity index is 1.95. The van der Waals surface area contributed by atoms with Gasteiger partial charge < -0.3 is 10.1 Å². The number of nitrogens with one attached hydrogen (secondary N) is 1. The molecule has 0 aromatic heterocycles. The molecule has 0 spiro atoms. The van der Waals surface area contributed by atoms with Gasteiger partial charge in [0, 0.05) is 13.1 Å². The highest BCUT2D eigenvalue weighted by molar-refractivity contribution is 5.82. The van der Waals surface area contributed by atoms with E-state index in [1.807, 2.05) is 6.92 Å². The van der Waals surface area contributed by atoms with Crippen LogP contribution in [-0.4, -0.2) is 49.1 Å². The molecule has 2 fully saturated rings. The van der Waals surface area contributed by atoms with E-state index in [2.05, 4.69) is 10.2 Å². The Hall–Kier alpha value is -1.10. The normalized spacial score (nSPS) is 29.4. The average Bonchev–Trinajstić information content (AvgIpc) is 2.64. The summed E-state index contributed by atoms with van der Waals surface area (Å²) in [5, 5.41) is 2.96. The second kappa shape index (κ2) is 6.89. The zero-order chi connectivity index (χ0) is 13.7. The van der Waals surface area contributed by atoms with Crippen molar-refractivity contribution in [1.82, 2.24) is 10.2 Å². The zero-order valence-corrected chi connectivity index (χ0v) is 11.7. The molecule has 0 aromatic carbocycles. The summed E-state index contributed by atoms with van der Waals surface area (Å²) in [7, 11) is 0. The number of hydrogen-bond acceptors (Lipinski definition) is 4. The lowest BCUT2D eigenvalue weighted by molar-refractivity contribution is -0.151. The third-order valence-corrected chi connectivity index (χ3v) is 4.02. The molecule has 1 N–H and O–H groups in total. The van der Waals surface area contributed by atoms with E-state index in [4.69, 9.17) is 4.74 Å². The van der Waals surface area contributed by atoms with E-state index < -0.39 is 0 Å². The van der Waals surface area contributed by atoms with E-state index in [0.29, 0.717) is 13.2 Å². The first-order valence-corrected chi connectivity index (χ1v) is 7.40. The molecular weight excluding hydrogens is 244 g/mol. The summed E-state index contributed by atoms with van der Waals surface area (Å²) < 4.78 is 5.10. The van der Waals surface area contributed by atoms with Gasteiger partial charge in [-0.1, -0.05) is 0 Å². The van der Waals surface area contributed by atoms with Crippen molar-refractivity contribution in [3.63, 3.8) is 0 Å². The van der Waals surface area contributed by atoms with Crippen LogP contribution in [0.4, 0.5) is 0 Å². The minimum atomic E-state index is -0.110. The van der Waals surface area contributed by atoms with Gasteiger partial charge >= 0.3 is 5.97 Å². The van der Waals surface area contributed by atoms with Gasteiger partial charge in [0.2, 0.25) is 5.91 Å². The maximum absolute atomic E-state index is 12.0. The van der Waals surface area contributed by atoms with Crippen molar-refractivity contribution in [2.75, 3.05) is 26.2 Å². The van der Waals surface area contributed by atoms with Crippen molar-refractivity contribution in [1.29, 1.82) is 0 Å². The van der Waals surface area contributed by atoms with E-state index in [1.165, 1.54) is 0 Å². The molecule has 1 unspecified atom stereocenters. The molecular formula is C14H24N2O3. The van der Waals surface area contributed by atoms with Gasteiger partial charge in [0.1, 0.15) is 0 Å². The number of esters is 1. The Labute approximate surface area is 114 Å². The maximum atomic E-state index is 12.0. The van der Waals surface area contributed by atoms with Crippen molar-refractivity contribution in [2.45, 2.75) is 45.1 Å². The largest absolute Gasteiger partial charge is 0.466 e. The zero-order valence-electron chi connectivity index (χ0n) is 11.7. The van der Waals surface area contributed by atoms with Crippen molar-refractivity contribution in [3.8, 4) is 0 Å². The third-order valence-electron chi connectivity index (χ3n) is 4.02. The van der Waals surface area contributed by atoms with Gasteiger partial charge in [0.25, 0.3) is 0 Å². The van der Waals surface area contributed by atoms with Crippen LogP contribution in [-0.2, 0) is 14.3 Å². The highest BCUT2D eigenvalue weighted by Crippen LogP contribution is 2.22. The Morgan fingerprint density at radius 2 is 2.21 bits per heavy atom. The number of nitrogens with zero attached hydrogens (tertiary/aromatic N) is 1. The van der Waals surface area contributed by atoms with Gasteiger partial charge in [-0.2, -0.15) is 0 Å². The molecule has 2 aliphatic heterocycles. The lowest BCUT2D eigenvalue weighted by atomic mass is 9.95. The van der Waals surface area contributed by atoms with Crippen LogP contribution >= 0.6 is 0 Å². The summed E-state index contributed by atoms with van der Waals surface area (Å²) in [6, 6.07) is -0.0558. The van der Waals surface area contributed by atoms with Crippen LogP contribution in [0, 0.1) is 5.92 Å². The molecule has 0 radical (unpaired) electrons. The molecule has 2 aliphatic rings. The fraction of sp³-hybridized carbons (Fsp3) is 0.857. The lowest BCUT2D eigenvalue weighted by Gasteiger charge is -2.36. The summed E-state index contributed by atoms with van der Waals surface area (Å²) in [4.78, 5) is 26.0. The van der Waals surface area contributed by atoms with Crippen LogP contribution < -0.4 is 5.32 Å². The molecule has 2 saturated heterocycles. The second-order valence-electron chi connectivity index (χ2n) is 5.39. The summed E-state index contributed by atoms with van der Waals surface area (Å²) in [6.45, 7) is 4.62. The number of ether oxygens (including phenoxy) is 1. The minimum absolute atomic E-state index is 0.0558. The van der Waals surface area contributed by atoms with E-state index in [-0.39, 0.29) is 23.8 Å². The molecule has 0 bridgehead atoms. The number of hydrogen-bond donors (Lipinski definition) is 1. The molecule has 5 nitrogen and oxygen atoms in total. The van der Waals surface area contributed by atoms with Crippen LogP contribution in [0.25, 0.3) is 0 Å². The van der Waals surface area contributed by atoms with Crippen molar-refractivity contribution in [3.05, 3.63) is 0 Å². The number of carbonyl (C=O) groups is 2. The topological polar surface area (TPSA) is 58.6 Å². The summed E-state index contributed by atoms with van der Waals surface area (Å²) in [5.74, 6) is -0.0482. The Kier molecular flexibility index (Phi) is 5.19. The molecule has 108 valence electrons. The summed E-state index contributed by atoms with van der Waals surface area (Å²) in [5.41, 5.74) is 0. The lowest BCUT2D eigenvalue weighted by Crippen LogP contribution is -2.51. The average molecular weight is 268 g/mol. The van der Waals surface area contributed by atoms with Crippen molar-refractivity contribution < 1.29 is 14.3 Å². The van der Waals surface area contributed by atoms with E-state index in [1.54, 1.807) is 0 Å². The fourth-order valence-electron chi connectivity index (χ4n) is 3.01. The first kappa shape index (κ1) is 14.3. The monoisotopic (exact) mass is 268 g/mol. The smallest absolute Gasteiger partial charge is 0.310 e. The molecule has 2 heterocycles. The fourth-order valence-corrected chi connectivity index (χ4v) is 3.01. The summed E-state index contributed by atoms with van der Waals surface area (Å²) >= 11 is 0. The van der Waals surface area contributed by atoms with Crippen LogP contribution in [0.1, 0.15) is 39.0 Å².